The average Bonchev–Trinajstić information content (AvgIpc) is 2.89. The molecule has 0 fully saturated rings. The third-order valence-corrected chi connectivity index (χ3v) is 3.75. The van der Waals surface area contributed by atoms with Gasteiger partial charge in [-0.15, -0.1) is 0 Å². The van der Waals surface area contributed by atoms with Gasteiger partial charge in [0.1, 0.15) is 5.82 Å². The van der Waals surface area contributed by atoms with Crippen LogP contribution in [0, 0.1) is 0 Å². The van der Waals surface area contributed by atoms with Gasteiger partial charge in [0.15, 0.2) is 0 Å². The Morgan fingerprint density at radius 3 is 2.48 bits per heavy atom. The molecule has 108 valence electrons. The van der Waals surface area contributed by atoms with Crippen LogP contribution in [0.3, 0.4) is 0 Å². The lowest BCUT2D eigenvalue weighted by Gasteiger charge is -2.08. The number of hydrogen-bond donors (Lipinski definition) is 1. The van der Waals surface area contributed by atoms with Crippen LogP contribution in [0.2, 0.25) is 0 Å². The van der Waals surface area contributed by atoms with E-state index in [0.717, 1.165) is 42.7 Å². The van der Waals surface area contributed by atoms with Gasteiger partial charge in [0.25, 0.3) is 0 Å². The molecule has 21 heavy (non-hydrogen) atoms. The van der Waals surface area contributed by atoms with E-state index in [4.69, 9.17) is 10.1 Å². The molecule has 0 spiro atoms. The van der Waals surface area contributed by atoms with E-state index in [9.17, 15) is 0 Å². The summed E-state index contributed by atoms with van der Waals surface area (Å²) in [6.45, 7) is 1.03. The van der Waals surface area contributed by atoms with Crippen molar-refractivity contribution in [2.75, 3.05) is 6.61 Å². The van der Waals surface area contributed by atoms with E-state index in [1.165, 1.54) is 5.56 Å². The summed E-state index contributed by atoms with van der Waals surface area (Å²) in [4.78, 5) is 4.76. The second-order valence-corrected chi connectivity index (χ2v) is 5.23. The molecule has 0 amide bonds. The van der Waals surface area contributed by atoms with Crippen molar-refractivity contribution in [3.8, 4) is 0 Å². The van der Waals surface area contributed by atoms with Crippen molar-refractivity contribution in [1.82, 2.24) is 9.55 Å². The molecule has 1 heterocycles. The maximum Gasteiger partial charge on any atom is 0.110 e. The highest BCUT2D eigenvalue weighted by Crippen LogP contribution is 2.18. The van der Waals surface area contributed by atoms with Crippen LogP contribution in [0.25, 0.3) is 11.0 Å². The summed E-state index contributed by atoms with van der Waals surface area (Å²) in [5.74, 6) is 1.11. The molecule has 0 bridgehead atoms. The topological polar surface area (TPSA) is 38.0 Å². The molecular weight excluding hydrogens is 260 g/mol. The van der Waals surface area contributed by atoms with E-state index in [2.05, 4.69) is 41.0 Å². The zero-order valence-electron chi connectivity index (χ0n) is 12.1. The van der Waals surface area contributed by atoms with Crippen molar-refractivity contribution in [3.05, 3.63) is 66.0 Å². The van der Waals surface area contributed by atoms with Gasteiger partial charge in [-0.2, -0.15) is 0 Å². The van der Waals surface area contributed by atoms with Crippen molar-refractivity contribution < 1.29 is 5.11 Å². The van der Waals surface area contributed by atoms with Crippen LogP contribution in [0.15, 0.2) is 54.6 Å². The number of benzene rings is 2. The monoisotopic (exact) mass is 280 g/mol. The molecule has 3 rings (SSSR count). The van der Waals surface area contributed by atoms with Crippen LogP contribution in [-0.4, -0.2) is 21.3 Å². The summed E-state index contributed by atoms with van der Waals surface area (Å²) in [5.41, 5.74) is 3.53. The molecule has 0 aliphatic carbocycles. The number of aromatic nitrogens is 2. The van der Waals surface area contributed by atoms with Crippen molar-refractivity contribution in [2.45, 2.75) is 25.8 Å². The third kappa shape index (κ3) is 3.14. The van der Waals surface area contributed by atoms with Crippen LogP contribution < -0.4 is 0 Å². The minimum Gasteiger partial charge on any atom is -0.396 e. The SMILES string of the molecule is OCCCn1c(CCc2ccccc2)nc2ccccc21. The number of hydrogen-bond acceptors (Lipinski definition) is 2. The number of aliphatic hydroxyl groups excluding tert-OH is 1. The lowest BCUT2D eigenvalue weighted by Crippen LogP contribution is -2.06. The van der Waals surface area contributed by atoms with E-state index in [1.54, 1.807) is 0 Å². The predicted octanol–water partition coefficient (Wildman–Crippen LogP) is 3.20. The van der Waals surface area contributed by atoms with Gasteiger partial charge in [-0.25, -0.2) is 4.98 Å². The van der Waals surface area contributed by atoms with E-state index < -0.39 is 0 Å². The maximum atomic E-state index is 9.10. The van der Waals surface area contributed by atoms with Gasteiger partial charge in [0.2, 0.25) is 0 Å². The highest BCUT2D eigenvalue weighted by molar-refractivity contribution is 5.75. The van der Waals surface area contributed by atoms with Gasteiger partial charge in [-0.05, 0) is 30.5 Å². The van der Waals surface area contributed by atoms with E-state index in [0.29, 0.717) is 0 Å². The highest BCUT2D eigenvalue weighted by Gasteiger charge is 2.09. The number of aliphatic hydroxyl groups is 1. The fourth-order valence-electron chi connectivity index (χ4n) is 2.70. The minimum absolute atomic E-state index is 0.213. The Balaban J connectivity index is 1.86. The summed E-state index contributed by atoms with van der Waals surface area (Å²) < 4.78 is 2.24. The second-order valence-electron chi connectivity index (χ2n) is 5.23. The van der Waals surface area contributed by atoms with Gasteiger partial charge in [-0.1, -0.05) is 42.5 Å². The normalized spacial score (nSPS) is 11.1. The molecule has 1 aromatic heterocycles. The summed E-state index contributed by atoms with van der Waals surface area (Å²) in [7, 11) is 0. The Kier molecular flexibility index (Phi) is 4.31. The van der Waals surface area contributed by atoms with Crippen LogP contribution in [-0.2, 0) is 19.4 Å². The first-order valence-corrected chi connectivity index (χ1v) is 7.47. The fraction of sp³-hybridized carbons (Fsp3) is 0.278. The fourth-order valence-corrected chi connectivity index (χ4v) is 2.70. The van der Waals surface area contributed by atoms with Gasteiger partial charge >= 0.3 is 0 Å². The molecule has 1 N–H and O–H groups in total. The zero-order valence-corrected chi connectivity index (χ0v) is 12.1. The summed E-state index contributed by atoms with van der Waals surface area (Å²) in [6.07, 6.45) is 2.67. The highest BCUT2D eigenvalue weighted by atomic mass is 16.3. The van der Waals surface area contributed by atoms with Crippen LogP contribution in [0.5, 0.6) is 0 Å². The Morgan fingerprint density at radius 2 is 1.67 bits per heavy atom. The number of nitrogens with zero attached hydrogens (tertiary/aromatic N) is 2. The Hall–Kier alpha value is -2.13. The summed E-state index contributed by atoms with van der Waals surface area (Å²) >= 11 is 0. The van der Waals surface area contributed by atoms with Crippen molar-refractivity contribution in [1.29, 1.82) is 0 Å². The number of imidazole rings is 1. The largest absolute Gasteiger partial charge is 0.396 e. The van der Waals surface area contributed by atoms with E-state index >= 15 is 0 Å². The molecule has 3 nitrogen and oxygen atoms in total. The molecular formula is C18H20N2O. The lowest BCUT2D eigenvalue weighted by molar-refractivity contribution is 0.280. The second kappa shape index (κ2) is 6.55. The molecule has 0 atom stereocenters. The maximum absolute atomic E-state index is 9.10. The third-order valence-electron chi connectivity index (χ3n) is 3.75. The molecule has 0 saturated heterocycles. The number of aryl methyl sites for hydroxylation is 3. The molecule has 0 aliphatic heterocycles. The quantitative estimate of drug-likeness (QED) is 0.753. The minimum atomic E-state index is 0.213. The van der Waals surface area contributed by atoms with Crippen molar-refractivity contribution in [2.24, 2.45) is 0 Å². The van der Waals surface area contributed by atoms with Gasteiger partial charge < -0.3 is 9.67 Å². The van der Waals surface area contributed by atoms with Gasteiger partial charge in [-0.3, -0.25) is 0 Å². The standard InChI is InChI=1S/C18H20N2O/c21-14-6-13-20-17-10-5-4-9-16(17)19-18(20)12-11-15-7-2-1-3-8-15/h1-5,7-10,21H,6,11-14H2. The zero-order chi connectivity index (χ0) is 14.5. The first-order valence-electron chi connectivity index (χ1n) is 7.47. The molecule has 0 aliphatic rings. The summed E-state index contributed by atoms with van der Waals surface area (Å²) in [5, 5.41) is 9.10. The Labute approximate surface area is 124 Å². The molecule has 0 radical (unpaired) electrons. The number of para-hydroxylation sites is 2. The molecule has 2 aromatic carbocycles. The summed E-state index contributed by atoms with van der Waals surface area (Å²) in [6, 6.07) is 18.7. The van der Waals surface area contributed by atoms with Gasteiger partial charge in [0.05, 0.1) is 11.0 Å². The first-order chi connectivity index (χ1) is 10.4. The molecule has 3 heteroatoms. The van der Waals surface area contributed by atoms with Crippen molar-refractivity contribution in [3.63, 3.8) is 0 Å². The van der Waals surface area contributed by atoms with Crippen LogP contribution in [0.1, 0.15) is 17.8 Å². The first kappa shape index (κ1) is 13.8. The van der Waals surface area contributed by atoms with E-state index in [1.807, 2.05) is 18.2 Å². The van der Waals surface area contributed by atoms with Crippen LogP contribution in [0.4, 0.5) is 0 Å². The lowest BCUT2D eigenvalue weighted by atomic mass is 10.1. The predicted molar refractivity (Wildman–Crippen MR) is 85.3 cm³/mol. The molecule has 0 unspecified atom stereocenters. The smallest absolute Gasteiger partial charge is 0.110 e. The molecule has 3 aromatic rings. The van der Waals surface area contributed by atoms with Gasteiger partial charge in [0, 0.05) is 19.6 Å². The molecule has 0 saturated carbocycles. The van der Waals surface area contributed by atoms with Crippen molar-refractivity contribution >= 4 is 11.0 Å². The average molecular weight is 280 g/mol. The van der Waals surface area contributed by atoms with Crippen LogP contribution >= 0.6 is 0 Å². The Bertz CT molecular complexity index is 704. The van der Waals surface area contributed by atoms with E-state index in [-0.39, 0.29) is 6.61 Å². The Morgan fingerprint density at radius 1 is 0.905 bits per heavy atom. The number of rotatable bonds is 6. The number of fused-ring (bicyclic) bond motifs is 1.